The van der Waals surface area contributed by atoms with Crippen LogP contribution in [0.4, 0.5) is 0 Å². The molecule has 0 amide bonds. The normalized spacial score (nSPS) is 26.4. The van der Waals surface area contributed by atoms with Crippen LogP contribution in [0, 0.1) is 23.7 Å². The van der Waals surface area contributed by atoms with Crippen molar-refractivity contribution in [2.24, 2.45) is 23.7 Å². The summed E-state index contributed by atoms with van der Waals surface area (Å²) < 4.78 is 5.02. The number of hydrogen-bond acceptors (Lipinski definition) is 0. The molecule has 2 aromatic heterocycles. The van der Waals surface area contributed by atoms with E-state index < -0.39 is 0 Å². The Kier molecular flexibility index (Phi) is 7.74. The lowest BCUT2D eigenvalue weighted by molar-refractivity contribution is 0.883. The summed E-state index contributed by atoms with van der Waals surface area (Å²) in [5, 5.41) is 1.42. The van der Waals surface area contributed by atoms with Crippen molar-refractivity contribution in [1.82, 2.24) is 9.13 Å². The number of hydrogen-bond donors (Lipinski definition) is 0. The average molecular weight is 631 g/mol. The molecule has 6 aliphatic carbocycles. The molecule has 0 N–H and O–H groups in total. The third-order valence-electron chi connectivity index (χ3n) is 11.5. The second-order valence-corrected chi connectivity index (χ2v) is 13.7. The van der Waals surface area contributed by atoms with Gasteiger partial charge in [-0.25, -0.2) is 0 Å². The Hall–Kier alpha value is -4.30. The Bertz CT molecular complexity index is 2080. The number of benzene rings is 3. The van der Waals surface area contributed by atoms with Crippen LogP contribution in [0.15, 0.2) is 91.0 Å². The molecule has 244 valence electrons. The van der Waals surface area contributed by atoms with E-state index in [0.717, 1.165) is 35.5 Å². The molecular weight excluding hydrogens is 581 g/mol. The number of fused-ring (bicyclic) bond motifs is 12. The third-order valence-corrected chi connectivity index (χ3v) is 11.5. The van der Waals surface area contributed by atoms with E-state index in [9.17, 15) is 0 Å². The van der Waals surface area contributed by atoms with Gasteiger partial charge in [0.05, 0.1) is 11.2 Å². The maximum absolute atomic E-state index is 2.55. The Balaban J connectivity index is 0.000000534. The Morgan fingerprint density at radius 2 is 1.02 bits per heavy atom. The monoisotopic (exact) mass is 630 g/mol. The largest absolute Gasteiger partial charge is 0.310 e. The van der Waals surface area contributed by atoms with Crippen LogP contribution in [-0.4, -0.2) is 9.13 Å². The van der Waals surface area contributed by atoms with Gasteiger partial charge in [0, 0.05) is 28.1 Å². The van der Waals surface area contributed by atoms with E-state index in [1.165, 1.54) is 63.3 Å². The summed E-state index contributed by atoms with van der Waals surface area (Å²) in [6.45, 7) is 14.4. The minimum atomic E-state index is 0.705. The highest BCUT2D eigenvalue weighted by Crippen LogP contribution is 2.65. The molecule has 2 nitrogen and oxygen atoms in total. The molecule has 48 heavy (non-hydrogen) atoms. The number of rotatable bonds is 3. The van der Waals surface area contributed by atoms with Gasteiger partial charge in [0.15, 0.2) is 0 Å². The summed E-state index contributed by atoms with van der Waals surface area (Å²) in [5.41, 5.74) is 15.5. The van der Waals surface area contributed by atoms with Crippen LogP contribution in [-0.2, 0) is 0 Å². The van der Waals surface area contributed by atoms with Gasteiger partial charge in [-0.05, 0) is 131 Å². The highest BCUT2D eigenvalue weighted by Gasteiger charge is 2.54. The quantitative estimate of drug-likeness (QED) is 0.188. The molecule has 7 unspecified atom stereocenters. The van der Waals surface area contributed by atoms with Crippen molar-refractivity contribution in [2.75, 3.05) is 0 Å². The summed E-state index contributed by atoms with van der Waals surface area (Å²) in [7, 11) is 0. The van der Waals surface area contributed by atoms with Gasteiger partial charge in [-0.3, -0.25) is 0 Å². The average Bonchev–Trinajstić information content (AvgIpc) is 4.13. The maximum atomic E-state index is 2.55. The standard InChI is InChI=1S/C40H32N2.3C2H6/c1-22-29-16-19-36-40(37(22)29)39-32-21-26(32)11-18-35(39)42(36)28-14-8-24(9-15-28)23-6-12-27(13-7-23)41-33-5-3-2-4-30(33)38-31-20-25(31)10-17-34(38)41;3*1-2/h2-19,22,25-26,29,31-32,37H,20-21H2,1H3;3*1-2H3. The minimum absolute atomic E-state index is 0.705. The summed E-state index contributed by atoms with van der Waals surface area (Å²) in [6.07, 6.45) is 17.2. The van der Waals surface area contributed by atoms with Gasteiger partial charge in [0.2, 0.25) is 0 Å². The van der Waals surface area contributed by atoms with Crippen LogP contribution in [0.2, 0.25) is 0 Å². The minimum Gasteiger partial charge on any atom is -0.310 e. The fourth-order valence-electron chi connectivity index (χ4n) is 9.11. The molecule has 0 bridgehead atoms. The van der Waals surface area contributed by atoms with E-state index in [1.54, 1.807) is 16.7 Å². The second-order valence-electron chi connectivity index (χ2n) is 13.7. The maximum Gasteiger partial charge on any atom is 0.0537 e. The zero-order valence-corrected chi connectivity index (χ0v) is 29.7. The van der Waals surface area contributed by atoms with E-state index >= 15 is 0 Å². The fourth-order valence-corrected chi connectivity index (χ4v) is 9.11. The van der Waals surface area contributed by atoms with Crippen molar-refractivity contribution in [3.05, 3.63) is 125 Å². The van der Waals surface area contributed by atoms with Crippen LogP contribution in [0.1, 0.15) is 113 Å². The molecule has 6 aliphatic rings. The first kappa shape index (κ1) is 31.0. The summed E-state index contributed by atoms with van der Waals surface area (Å²) >= 11 is 0. The first-order valence-electron chi connectivity index (χ1n) is 18.9. The lowest BCUT2D eigenvalue weighted by Crippen LogP contribution is -2.02. The molecule has 3 saturated carbocycles. The Morgan fingerprint density at radius 3 is 1.65 bits per heavy atom. The molecule has 0 radical (unpaired) electrons. The van der Waals surface area contributed by atoms with Gasteiger partial charge in [0.25, 0.3) is 0 Å². The van der Waals surface area contributed by atoms with Crippen LogP contribution < -0.4 is 0 Å². The van der Waals surface area contributed by atoms with Crippen molar-refractivity contribution in [3.63, 3.8) is 0 Å². The molecule has 5 aromatic rings. The third kappa shape index (κ3) is 4.51. The van der Waals surface area contributed by atoms with Crippen LogP contribution in [0.5, 0.6) is 0 Å². The first-order valence-corrected chi connectivity index (χ1v) is 18.9. The number of para-hydroxylation sites is 1. The first-order chi connectivity index (χ1) is 23.7. The summed E-state index contributed by atoms with van der Waals surface area (Å²) in [6, 6.07) is 27.4. The van der Waals surface area contributed by atoms with E-state index in [-0.39, 0.29) is 0 Å². The van der Waals surface area contributed by atoms with Gasteiger partial charge >= 0.3 is 0 Å². The van der Waals surface area contributed by atoms with Gasteiger partial charge in [-0.15, -0.1) is 0 Å². The smallest absolute Gasteiger partial charge is 0.0537 e. The lowest BCUT2D eigenvalue weighted by atomic mass is 9.93. The van der Waals surface area contributed by atoms with Gasteiger partial charge in [-0.1, -0.05) is 109 Å². The molecule has 2 heteroatoms. The Labute approximate surface area is 287 Å². The molecule has 0 aliphatic heterocycles. The molecular formula is C46H50N2. The van der Waals surface area contributed by atoms with E-state index in [2.05, 4.69) is 125 Å². The topological polar surface area (TPSA) is 9.86 Å². The zero-order valence-electron chi connectivity index (χ0n) is 29.7. The molecule has 2 heterocycles. The van der Waals surface area contributed by atoms with E-state index in [4.69, 9.17) is 0 Å². The van der Waals surface area contributed by atoms with Crippen molar-refractivity contribution >= 4 is 29.1 Å². The van der Waals surface area contributed by atoms with Crippen molar-refractivity contribution in [3.8, 4) is 22.5 Å². The van der Waals surface area contributed by atoms with E-state index in [1.807, 2.05) is 41.5 Å². The predicted octanol–water partition coefficient (Wildman–Crippen LogP) is 12.8. The van der Waals surface area contributed by atoms with Crippen molar-refractivity contribution < 1.29 is 0 Å². The van der Waals surface area contributed by atoms with Gasteiger partial charge < -0.3 is 9.13 Å². The van der Waals surface area contributed by atoms with Crippen molar-refractivity contribution in [1.29, 1.82) is 0 Å². The number of aromatic nitrogens is 2. The van der Waals surface area contributed by atoms with Gasteiger partial charge in [-0.2, -0.15) is 0 Å². The lowest BCUT2D eigenvalue weighted by Gasteiger charge is -2.14. The second kappa shape index (κ2) is 12.0. The summed E-state index contributed by atoms with van der Waals surface area (Å²) in [5.74, 6) is 5.25. The highest BCUT2D eigenvalue weighted by atomic mass is 15.0. The molecule has 3 aromatic carbocycles. The highest BCUT2D eigenvalue weighted by molar-refractivity contribution is 5.92. The van der Waals surface area contributed by atoms with Crippen LogP contribution in [0.3, 0.4) is 0 Å². The summed E-state index contributed by atoms with van der Waals surface area (Å²) in [4.78, 5) is 0. The molecule has 11 rings (SSSR count). The SMILES string of the molecule is CC.CC.CC.CC1C2C=Cc3c(c4c(n3-c3ccc(-c5ccc(-n6c7c(c8ccccc86)C6CC6C=C7)cc5)cc3)C=CC3CC43)C12. The molecule has 0 spiro atoms. The zero-order chi connectivity index (χ0) is 33.3. The van der Waals surface area contributed by atoms with E-state index in [0.29, 0.717) is 5.92 Å². The molecule has 0 saturated heterocycles. The van der Waals surface area contributed by atoms with Crippen LogP contribution in [0.25, 0.3) is 51.6 Å². The molecule has 3 fully saturated rings. The van der Waals surface area contributed by atoms with Crippen LogP contribution >= 0.6 is 0 Å². The molecule has 7 atom stereocenters. The van der Waals surface area contributed by atoms with Crippen molar-refractivity contribution in [2.45, 2.75) is 79.1 Å². The fraction of sp³-hybridized carbons (Fsp3) is 0.348. The predicted molar refractivity (Wildman–Crippen MR) is 206 cm³/mol. The number of allylic oxidation sites excluding steroid dienone is 3. The van der Waals surface area contributed by atoms with Gasteiger partial charge in [0.1, 0.15) is 0 Å². The Morgan fingerprint density at radius 1 is 0.521 bits per heavy atom. The number of nitrogens with zero attached hydrogens (tertiary/aromatic N) is 2.